The van der Waals surface area contributed by atoms with Gasteiger partial charge in [-0.25, -0.2) is 5.10 Å². The SMILES string of the molecule is O=C(Nc1cc(Cl)n[nH]c1=O)c1ccccc1. The molecule has 2 aromatic rings. The number of hydrogen-bond acceptors (Lipinski definition) is 3. The molecule has 1 aromatic carbocycles. The molecule has 0 bridgehead atoms. The Hall–Kier alpha value is -2.14. The fraction of sp³-hybridized carbons (Fsp3) is 0. The third-order valence-corrected chi connectivity index (χ3v) is 2.25. The summed E-state index contributed by atoms with van der Waals surface area (Å²) in [6.45, 7) is 0. The van der Waals surface area contributed by atoms with Crippen molar-refractivity contribution < 1.29 is 4.79 Å². The maximum Gasteiger partial charge on any atom is 0.288 e. The van der Waals surface area contributed by atoms with E-state index in [9.17, 15) is 9.59 Å². The molecule has 0 radical (unpaired) electrons. The second-order valence-electron chi connectivity index (χ2n) is 3.25. The van der Waals surface area contributed by atoms with Gasteiger partial charge in [-0.2, -0.15) is 5.10 Å². The van der Waals surface area contributed by atoms with Gasteiger partial charge in [0.05, 0.1) is 0 Å². The summed E-state index contributed by atoms with van der Waals surface area (Å²) in [5, 5.41) is 8.23. The Morgan fingerprint density at radius 1 is 1.29 bits per heavy atom. The molecule has 5 nitrogen and oxygen atoms in total. The van der Waals surface area contributed by atoms with Gasteiger partial charge in [-0.15, -0.1) is 0 Å². The van der Waals surface area contributed by atoms with Crippen LogP contribution in [0.5, 0.6) is 0 Å². The Kier molecular flexibility index (Phi) is 3.20. The second kappa shape index (κ2) is 4.80. The molecule has 2 N–H and O–H groups in total. The summed E-state index contributed by atoms with van der Waals surface area (Å²) < 4.78 is 0. The lowest BCUT2D eigenvalue weighted by Gasteiger charge is -2.03. The quantitative estimate of drug-likeness (QED) is 0.850. The Morgan fingerprint density at radius 3 is 2.71 bits per heavy atom. The van der Waals surface area contributed by atoms with Crippen molar-refractivity contribution in [2.45, 2.75) is 0 Å². The third kappa shape index (κ3) is 2.70. The number of carbonyl (C=O) groups is 1. The number of nitrogens with zero attached hydrogens (tertiary/aromatic N) is 1. The van der Waals surface area contributed by atoms with E-state index in [2.05, 4.69) is 15.5 Å². The number of H-pyrrole nitrogens is 1. The highest BCUT2D eigenvalue weighted by molar-refractivity contribution is 6.29. The van der Waals surface area contributed by atoms with Crippen LogP contribution in [0.15, 0.2) is 41.2 Å². The molecule has 0 saturated heterocycles. The van der Waals surface area contributed by atoms with Crippen LogP contribution in [0.2, 0.25) is 5.15 Å². The van der Waals surface area contributed by atoms with Gasteiger partial charge in [0.25, 0.3) is 11.5 Å². The van der Waals surface area contributed by atoms with Crippen molar-refractivity contribution in [2.75, 3.05) is 5.32 Å². The number of anilines is 1. The van der Waals surface area contributed by atoms with E-state index in [1.165, 1.54) is 6.07 Å². The van der Waals surface area contributed by atoms with E-state index in [0.29, 0.717) is 5.56 Å². The Morgan fingerprint density at radius 2 is 2.00 bits per heavy atom. The van der Waals surface area contributed by atoms with Crippen molar-refractivity contribution in [3.63, 3.8) is 0 Å². The van der Waals surface area contributed by atoms with E-state index in [1.54, 1.807) is 30.3 Å². The molecule has 0 aliphatic heterocycles. The van der Waals surface area contributed by atoms with Crippen molar-refractivity contribution in [3.8, 4) is 0 Å². The summed E-state index contributed by atoms with van der Waals surface area (Å²) in [6.07, 6.45) is 0. The van der Waals surface area contributed by atoms with Gasteiger partial charge >= 0.3 is 0 Å². The van der Waals surface area contributed by atoms with Crippen LogP contribution in [0.25, 0.3) is 0 Å². The van der Waals surface area contributed by atoms with Crippen molar-refractivity contribution in [2.24, 2.45) is 0 Å². The lowest BCUT2D eigenvalue weighted by Crippen LogP contribution is -2.20. The molecule has 2 rings (SSSR count). The van der Waals surface area contributed by atoms with Gasteiger partial charge in [0, 0.05) is 11.6 Å². The number of aromatic amines is 1. The van der Waals surface area contributed by atoms with E-state index in [4.69, 9.17) is 11.6 Å². The second-order valence-corrected chi connectivity index (χ2v) is 3.64. The molecule has 0 aliphatic carbocycles. The van der Waals surface area contributed by atoms with Gasteiger partial charge in [-0.3, -0.25) is 9.59 Å². The molecule has 6 heteroatoms. The number of nitrogens with one attached hydrogen (secondary N) is 2. The Bertz CT molecular complexity index is 595. The highest BCUT2D eigenvalue weighted by atomic mass is 35.5. The summed E-state index contributed by atoms with van der Waals surface area (Å²) in [5.74, 6) is -0.377. The van der Waals surface area contributed by atoms with E-state index in [-0.39, 0.29) is 16.7 Å². The van der Waals surface area contributed by atoms with Crippen LogP contribution < -0.4 is 10.9 Å². The molecule has 0 unspecified atom stereocenters. The van der Waals surface area contributed by atoms with Crippen LogP contribution >= 0.6 is 11.6 Å². The molecule has 17 heavy (non-hydrogen) atoms. The maximum atomic E-state index is 11.8. The molecule has 1 amide bonds. The van der Waals surface area contributed by atoms with Gasteiger partial charge in [0.15, 0.2) is 5.15 Å². The first kappa shape index (κ1) is 11.3. The van der Waals surface area contributed by atoms with Crippen molar-refractivity contribution in [3.05, 3.63) is 57.5 Å². The number of halogens is 1. The number of aromatic nitrogens is 2. The zero-order valence-electron chi connectivity index (χ0n) is 8.61. The summed E-state index contributed by atoms with van der Waals surface area (Å²) >= 11 is 5.61. The molecule has 86 valence electrons. The standard InChI is InChI=1S/C11H8ClN3O2/c12-9-6-8(11(17)15-14-9)13-10(16)7-4-2-1-3-5-7/h1-6H,(H,15,17)(H,13,14,16). The number of carbonyl (C=O) groups excluding carboxylic acids is 1. The van der Waals surface area contributed by atoms with Gasteiger partial charge < -0.3 is 5.32 Å². The molecule has 0 aliphatic rings. The van der Waals surface area contributed by atoms with Gasteiger partial charge in [0.1, 0.15) is 5.69 Å². The predicted octanol–water partition coefficient (Wildman–Crippen LogP) is 1.68. The minimum atomic E-state index is -0.501. The number of benzene rings is 1. The fourth-order valence-corrected chi connectivity index (χ4v) is 1.41. The molecule has 0 saturated carbocycles. The summed E-state index contributed by atoms with van der Waals surface area (Å²) in [6, 6.07) is 9.85. The topological polar surface area (TPSA) is 74.8 Å². The molecular weight excluding hydrogens is 242 g/mol. The first-order chi connectivity index (χ1) is 8.16. The molecule has 1 heterocycles. The highest BCUT2D eigenvalue weighted by Gasteiger charge is 2.08. The first-order valence-electron chi connectivity index (χ1n) is 4.78. The van der Waals surface area contributed by atoms with Crippen LogP contribution in [0.3, 0.4) is 0 Å². The van der Waals surface area contributed by atoms with Crippen LogP contribution in [0.1, 0.15) is 10.4 Å². The average molecular weight is 250 g/mol. The van der Waals surface area contributed by atoms with E-state index in [0.717, 1.165) is 0 Å². The highest BCUT2D eigenvalue weighted by Crippen LogP contribution is 2.08. The van der Waals surface area contributed by atoms with Crippen LogP contribution in [-0.4, -0.2) is 16.1 Å². The summed E-state index contributed by atoms with van der Waals surface area (Å²) in [5.41, 5.74) is 0.0253. The Labute approximate surface area is 101 Å². The zero-order chi connectivity index (χ0) is 12.3. The normalized spacial score (nSPS) is 9.94. The lowest BCUT2D eigenvalue weighted by molar-refractivity contribution is 0.102. The largest absolute Gasteiger partial charge is 0.317 e. The number of rotatable bonds is 2. The molecule has 0 fully saturated rings. The number of amides is 1. The van der Waals surface area contributed by atoms with Gasteiger partial charge in [-0.05, 0) is 12.1 Å². The third-order valence-electron chi connectivity index (χ3n) is 2.06. The minimum absolute atomic E-state index is 0.0684. The van der Waals surface area contributed by atoms with Crippen molar-refractivity contribution in [1.82, 2.24) is 10.2 Å². The minimum Gasteiger partial charge on any atom is -0.317 e. The molecule has 0 spiro atoms. The molecule has 0 atom stereocenters. The summed E-state index contributed by atoms with van der Waals surface area (Å²) in [4.78, 5) is 23.1. The molecule has 1 aromatic heterocycles. The summed E-state index contributed by atoms with van der Waals surface area (Å²) in [7, 11) is 0. The van der Waals surface area contributed by atoms with E-state index < -0.39 is 5.56 Å². The van der Waals surface area contributed by atoms with E-state index >= 15 is 0 Å². The first-order valence-corrected chi connectivity index (χ1v) is 5.16. The lowest BCUT2D eigenvalue weighted by atomic mass is 10.2. The predicted molar refractivity (Wildman–Crippen MR) is 64.3 cm³/mol. The van der Waals surface area contributed by atoms with Crippen LogP contribution in [0.4, 0.5) is 5.69 Å². The van der Waals surface area contributed by atoms with Crippen molar-refractivity contribution >= 4 is 23.2 Å². The van der Waals surface area contributed by atoms with Gasteiger partial charge in [0.2, 0.25) is 0 Å². The maximum absolute atomic E-state index is 11.8. The van der Waals surface area contributed by atoms with E-state index in [1.807, 2.05) is 0 Å². The zero-order valence-corrected chi connectivity index (χ0v) is 9.36. The monoisotopic (exact) mass is 249 g/mol. The smallest absolute Gasteiger partial charge is 0.288 e. The molecular formula is C11H8ClN3O2. The van der Waals surface area contributed by atoms with Gasteiger partial charge in [-0.1, -0.05) is 29.8 Å². The fourth-order valence-electron chi connectivity index (χ4n) is 1.26. The average Bonchev–Trinajstić information content (AvgIpc) is 2.35. The van der Waals surface area contributed by atoms with Crippen LogP contribution in [-0.2, 0) is 0 Å². The number of hydrogen-bond donors (Lipinski definition) is 2. The van der Waals surface area contributed by atoms with Crippen LogP contribution in [0, 0.1) is 0 Å². The Balaban J connectivity index is 2.25. The van der Waals surface area contributed by atoms with Crippen molar-refractivity contribution in [1.29, 1.82) is 0 Å².